The number of amides is 1. The van der Waals surface area contributed by atoms with Crippen LogP contribution in [0, 0.1) is 0 Å². The van der Waals surface area contributed by atoms with E-state index in [4.69, 9.17) is 11.6 Å². The molecule has 0 atom stereocenters. The minimum atomic E-state index is -0.211. The first-order valence-corrected chi connectivity index (χ1v) is 7.33. The summed E-state index contributed by atoms with van der Waals surface area (Å²) in [6.45, 7) is 0.339. The maximum absolute atomic E-state index is 12.0. The van der Waals surface area contributed by atoms with Crippen LogP contribution >= 0.6 is 22.9 Å². The number of carbonyl (C=O) groups excluding carboxylic acids is 1. The number of thiophene rings is 1. The van der Waals surface area contributed by atoms with Gasteiger partial charge < -0.3 is 10.3 Å². The van der Waals surface area contributed by atoms with Gasteiger partial charge in [0.1, 0.15) is 4.83 Å². The highest BCUT2D eigenvalue weighted by molar-refractivity contribution is 7.18. The number of aromatic nitrogens is 2. The molecule has 0 aliphatic carbocycles. The quantitative estimate of drug-likeness (QED) is 0.779. The van der Waals surface area contributed by atoms with E-state index >= 15 is 0 Å². The van der Waals surface area contributed by atoms with Crippen molar-refractivity contribution in [3.05, 3.63) is 62.5 Å². The molecular weight excluding hydrogens is 310 g/mol. The highest BCUT2D eigenvalue weighted by Gasteiger charge is 2.09. The average Bonchev–Trinajstić information content (AvgIpc) is 2.89. The van der Waals surface area contributed by atoms with Gasteiger partial charge >= 0.3 is 0 Å². The molecular formula is C14H10ClN3O2S. The summed E-state index contributed by atoms with van der Waals surface area (Å²) in [5, 5.41) is 3.85. The van der Waals surface area contributed by atoms with Crippen LogP contribution in [-0.2, 0) is 6.54 Å². The van der Waals surface area contributed by atoms with Crippen LogP contribution < -0.4 is 10.9 Å². The molecule has 0 bridgehead atoms. The molecule has 0 radical (unpaired) electrons. The van der Waals surface area contributed by atoms with Crippen molar-refractivity contribution in [1.29, 1.82) is 0 Å². The molecule has 0 aliphatic heterocycles. The van der Waals surface area contributed by atoms with Gasteiger partial charge in [-0.15, -0.1) is 11.3 Å². The summed E-state index contributed by atoms with van der Waals surface area (Å²) in [6, 6.07) is 8.47. The Balaban J connectivity index is 1.76. The molecule has 0 aliphatic rings. The van der Waals surface area contributed by atoms with Gasteiger partial charge in [-0.05, 0) is 24.3 Å². The van der Waals surface area contributed by atoms with E-state index in [1.807, 2.05) is 0 Å². The third-order valence-corrected chi connectivity index (χ3v) is 4.17. The molecule has 1 aromatic carbocycles. The predicted octanol–water partition coefficient (Wildman–Crippen LogP) is 2.57. The van der Waals surface area contributed by atoms with E-state index in [1.165, 1.54) is 17.7 Å². The molecule has 0 unspecified atom stereocenters. The molecule has 0 fully saturated rings. The van der Waals surface area contributed by atoms with Crippen molar-refractivity contribution in [2.75, 3.05) is 0 Å². The lowest BCUT2D eigenvalue weighted by Crippen LogP contribution is -2.22. The first kappa shape index (κ1) is 13.8. The first-order chi connectivity index (χ1) is 10.1. The van der Waals surface area contributed by atoms with Gasteiger partial charge in [0.25, 0.3) is 11.5 Å². The van der Waals surface area contributed by atoms with Crippen LogP contribution in [-0.4, -0.2) is 15.9 Å². The summed E-state index contributed by atoms with van der Waals surface area (Å²) < 4.78 is 0. The fourth-order valence-electron chi connectivity index (χ4n) is 1.90. The molecule has 2 heterocycles. The summed E-state index contributed by atoms with van der Waals surface area (Å²) in [6.07, 6.45) is 1.37. The number of hydrogen-bond donors (Lipinski definition) is 2. The second-order valence-electron chi connectivity index (χ2n) is 4.36. The van der Waals surface area contributed by atoms with Gasteiger partial charge in [-0.25, -0.2) is 4.98 Å². The SMILES string of the molecule is O=C(NCc1cc2c(=O)[nH]cnc2s1)c1cccc(Cl)c1. The Morgan fingerprint density at radius 2 is 2.24 bits per heavy atom. The number of rotatable bonds is 3. The standard InChI is InChI=1S/C14H10ClN3O2S/c15-9-3-1-2-8(4-9)12(19)16-6-10-5-11-13(20)17-7-18-14(11)21-10/h1-5,7H,6H2,(H,16,19)(H,17,18,20). The van der Waals surface area contributed by atoms with Gasteiger partial charge in [0.2, 0.25) is 0 Å². The van der Waals surface area contributed by atoms with E-state index in [1.54, 1.807) is 30.3 Å². The lowest BCUT2D eigenvalue weighted by molar-refractivity contribution is 0.0951. The van der Waals surface area contributed by atoms with Gasteiger partial charge in [-0.2, -0.15) is 0 Å². The molecule has 21 heavy (non-hydrogen) atoms. The Bertz CT molecular complexity index is 872. The molecule has 5 nitrogen and oxygen atoms in total. The van der Waals surface area contributed by atoms with E-state index in [2.05, 4.69) is 15.3 Å². The van der Waals surface area contributed by atoms with Gasteiger partial charge in [-0.3, -0.25) is 9.59 Å². The zero-order valence-corrected chi connectivity index (χ0v) is 12.3. The van der Waals surface area contributed by atoms with Crippen LogP contribution in [0.15, 0.2) is 41.5 Å². The summed E-state index contributed by atoms with van der Waals surface area (Å²) in [7, 11) is 0. The molecule has 0 spiro atoms. The predicted molar refractivity (Wildman–Crippen MR) is 82.9 cm³/mol. The van der Waals surface area contributed by atoms with Crippen molar-refractivity contribution in [1.82, 2.24) is 15.3 Å². The zero-order valence-electron chi connectivity index (χ0n) is 10.7. The summed E-state index contributed by atoms with van der Waals surface area (Å²) in [5.41, 5.74) is 0.322. The maximum atomic E-state index is 12.0. The molecule has 0 saturated carbocycles. The molecule has 7 heteroatoms. The van der Waals surface area contributed by atoms with Crippen LogP contribution in [0.2, 0.25) is 5.02 Å². The smallest absolute Gasteiger partial charge is 0.259 e. The van der Waals surface area contributed by atoms with Crippen molar-refractivity contribution >= 4 is 39.1 Å². The van der Waals surface area contributed by atoms with E-state index in [0.717, 1.165) is 4.88 Å². The normalized spacial score (nSPS) is 10.7. The number of hydrogen-bond acceptors (Lipinski definition) is 4. The summed E-state index contributed by atoms with van der Waals surface area (Å²) in [4.78, 5) is 31.7. The van der Waals surface area contributed by atoms with Crippen LogP contribution in [0.3, 0.4) is 0 Å². The van der Waals surface area contributed by atoms with E-state index in [9.17, 15) is 9.59 Å². The van der Waals surface area contributed by atoms with Crippen LogP contribution in [0.1, 0.15) is 15.2 Å². The van der Waals surface area contributed by atoms with Crippen LogP contribution in [0.5, 0.6) is 0 Å². The summed E-state index contributed by atoms with van der Waals surface area (Å²) >= 11 is 7.23. The highest BCUT2D eigenvalue weighted by atomic mass is 35.5. The minimum absolute atomic E-state index is 0.177. The first-order valence-electron chi connectivity index (χ1n) is 6.13. The number of benzene rings is 1. The maximum Gasteiger partial charge on any atom is 0.259 e. The van der Waals surface area contributed by atoms with Crippen molar-refractivity contribution in [3.8, 4) is 0 Å². The number of aromatic amines is 1. The number of fused-ring (bicyclic) bond motifs is 1. The molecule has 3 aromatic rings. The fourth-order valence-corrected chi connectivity index (χ4v) is 3.03. The molecule has 106 valence electrons. The third-order valence-electron chi connectivity index (χ3n) is 2.90. The van der Waals surface area contributed by atoms with Gasteiger partial charge in [0.05, 0.1) is 18.3 Å². The third kappa shape index (κ3) is 2.96. The van der Waals surface area contributed by atoms with Gasteiger partial charge in [0.15, 0.2) is 0 Å². The van der Waals surface area contributed by atoms with Crippen molar-refractivity contribution in [2.24, 2.45) is 0 Å². The van der Waals surface area contributed by atoms with Crippen molar-refractivity contribution in [3.63, 3.8) is 0 Å². The summed E-state index contributed by atoms with van der Waals surface area (Å²) in [5.74, 6) is -0.211. The molecule has 2 aromatic heterocycles. The van der Waals surface area contributed by atoms with E-state index in [0.29, 0.717) is 27.3 Å². The second kappa shape index (κ2) is 5.67. The molecule has 3 rings (SSSR count). The molecule has 1 amide bonds. The lowest BCUT2D eigenvalue weighted by atomic mass is 10.2. The Labute approximate surface area is 128 Å². The zero-order chi connectivity index (χ0) is 14.8. The monoisotopic (exact) mass is 319 g/mol. The Hall–Kier alpha value is -2.18. The topological polar surface area (TPSA) is 74.8 Å². The Morgan fingerprint density at radius 3 is 3.00 bits per heavy atom. The minimum Gasteiger partial charge on any atom is -0.347 e. The molecule has 0 saturated heterocycles. The van der Waals surface area contributed by atoms with Gasteiger partial charge in [0, 0.05) is 15.5 Å². The largest absolute Gasteiger partial charge is 0.347 e. The second-order valence-corrected chi connectivity index (χ2v) is 5.91. The van der Waals surface area contributed by atoms with Crippen molar-refractivity contribution < 1.29 is 4.79 Å². The van der Waals surface area contributed by atoms with Gasteiger partial charge in [-0.1, -0.05) is 17.7 Å². The highest BCUT2D eigenvalue weighted by Crippen LogP contribution is 2.20. The lowest BCUT2D eigenvalue weighted by Gasteiger charge is -2.03. The number of halogens is 1. The Kier molecular flexibility index (Phi) is 3.72. The van der Waals surface area contributed by atoms with E-state index in [-0.39, 0.29) is 11.5 Å². The average molecular weight is 320 g/mol. The number of nitrogens with one attached hydrogen (secondary N) is 2. The molecule has 2 N–H and O–H groups in total. The Morgan fingerprint density at radius 1 is 1.38 bits per heavy atom. The number of H-pyrrole nitrogens is 1. The fraction of sp³-hybridized carbons (Fsp3) is 0.0714. The number of carbonyl (C=O) groups is 1. The van der Waals surface area contributed by atoms with Crippen LogP contribution in [0.4, 0.5) is 0 Å². The van der Waals surface area contributed by atoms with E-state index < -0.39 is 0 Å². The van der Waals surface area contributed by atoms with Crippen molar-refractivity contribution in [2.45, 2.75) is 6.54 Å². The number of nitrogens with zero attached hydrogens (tertiary/aromatic N) is 1. The van der Waals surface area contributed by atoms with Crippen LogP contribution in [0.25, 0.3) is 10.2 Å².